The standard InChI is InChI=1S/C16H21ClN2O2/c1-2-3-4-15(20)19-13-6-8-14(9-7-13)21-16-10-5-12(17)11-18-16/h2,5,10-11,13-14H,1,3-4,6-9H2,(H,19,20). The third kappa shape index (κ3) is 5.38. The Hall–Kier alpha value is -1.55. The quantitative estimate of drug-likeness (QED) is 0.818. The number of nitrogens with one attached hydrogen (secondary N) is 1. The van der Waals surface area contributed by atoms with Gasteiger partial charge in [-0.2, -0.15) is 0 Å². The summed E-state index contributed by atoms with van der Waals surface area (Å²) in [6.45, 7) is 3.62. The molecular formula is C16H21ClN2O2. The first-order chi connectivity index (χ1) is 10.2. The number of carbonyl (C=O) groups excluding carboxylic acids is 1. The molecule has 114 valence electrons. The highest BCUT2D eigenvalue weighted by Crippen LogP contribution is 2.23. The monoisotopic (exact) mass is 308 g/mol. The summed E-state index contributed by atoms with van der Waals surface area (Å²) in [5, 5.41) is 3.68. The second-order valence-electron chi connectivity index (χ2n) is 5.30. The Kier molecular flexibility index (Phi) is 6.05. The molecule has 1 heterocycles. The van der Waals surface area contributed by atoms with E-state index in [0.29, 0.717) is 17.3 Å². The van der Waals surface area contributed by atoms with Crippen LogP contribution < -0.4 is 10.1 Å². The van der Waals surface area contributed by atoms with Crippen LogP contribution in [-0.4, -0.2) is 23.0 Å². The maximum absolute atomic E-state index is 11.7. The van der Waals surface area contributed by atoms with Crippen LogP contribution in [0.3, 0.4) is 0 Å². The summed E-state index contributed by atoms with van der Waals surface area (Å²) < 4.78 is 5.83. The van der Waals surface area contributed by atoms with Gasteiger partial charge in [-0.15, -0.1) is 6.58 Å². The first kappa shape index (κ1) is 15.8. The lowest BCUT2D eigenvalue weighted by atomic mass is 9.93. The van der Waals surface area contributed by atoms with Crippen molar-refractivity contribution in [3.8, 4) is 5.88 Å². The normalized spacial score (nSPS) is 21.6. The minimum absolute atomic E-state index is 0.110. The van der Waals surface area contributed by atoms with Gasteiger partial charge < -0.3 is 10.1 Å². The summed E-state index contributed by atoms with van der Waals surface area (Å²) in [5.41, 5.74) is 0. The number of hydrogen-bond donors (Lipinski definition) is 1. The van der Waals surface area contributed by atoms with Crippen LogP contribution in [0.1, 0.15) is 38.5 Å². The van der Waals surface area contributed by atoms with Crippen molar-refractivity contribution in [2.24, 2.45) is 0 Å². The first-order valence-electron chi connectivity index (χ1n) is 7.36. The number of ether oxygens (including phenoxy) is 1. The van der Waals surface area contributed by atoms with E-state index in [-0.39, 0.29) is 18.1 Å². The predicted molar refractivity (Wildman–Crippen MR) is 83.5 cm³/mol. The van der Waals surface area contributed by atoms with E-state index in [0.717, 1.165) is 32.1 Å². The lowest BCUT2D eigenvalue weighted by molar-refractivity contribution is -0.122. The van der Waals surface area contributed by atoms with Gasteiger partial charge in [0, 0.05) is 24.7 Å². The van der Waals surface area contributed by atoms with Crippen LogP contribution >= 0.6 is 11.6 Å². The van der Waals surface area contributed by atoms with E-state index < -0.39 is 0 Å². The van der Waals surface area contributed by atoms with Crippen LogP contribution in [-0.2, 0) is 4.79 Å². The molecule has 0 aromatic carbocycles. The van der Waals surface area contributed by atoms with E-state index in [2.05, 4.69) is 16.9 Å². The van der Waals surface area contributed by atoms with Crippen molar-refractivity contribution in [3.63, 3.8) is 0 Å². The van der Waals surface area contributed by atoms with Gasteiger partial charge in [-0.1, -0.05) is 17.7 Å². The van der Waals surface area contributed by atoms with Gasteiger partial charge in [0.25, 0.3) is 0 Å². The Balaban J connectivity index is 1.71. The molecule has 0 bridgehead atoms. The van der Waals surface area contributed by atoms with Crippen molar-refractivity contribution >= 4 is 17.5 Å². The van der Waals surface area contributed by atoms with Crippen molar-refractivity contribution < 1.29 is 9.53 Å². The average molecular weight is 309 g/mol. The largest absolute Gasteiger partial charge is 0.474 e. The summed E-state index contributed by atoms with van der Waals surface area (Å²) in [7, 11) is 0. The number of rotatable bonds is 6. The smallest absolute Gasteiger partial charge is 0.220 e. The molecular weight excluding hydrogens is 288 g/mol. The van der Waals surface area contributed by atoms with E-state index in [9.17, 15) is 4.79 Å². The van der Waals surface area contributed by atoms with Gasteiger partial charge >= 0.3 is 0 Å². The molecule has 21 heavy (non-hydrogen) atoms. The van der Waals surface area contributed by atoms with Crippen LogP contribution in [0, 0.1) is 0 Å². The van der Waals surface area contributed by atoms with Crippen molar-refractivity contribution in [1.29, 1.82) is 0 Å². The number of hydrogen-bond acceptors (Lipinski definition) is 3. The third-order valence-corrected chi connectivity index (χ3v) is 3.83. The van der Waals surface area contributed by atoms with Gasteiger partial charge in [-0.25, -0.2) is 4.98 Å². The van der Waals surface area contributed by atoms with Crippen molar-refractivity contribution in [1.82, 2.24) is 10.3 Å². The highest BCUT2D eigenvalue weighted by atomic mass is 35.5. The van der Waals surface area contributed by atoms with Crippen LogP contribution in [0.4, 0.5) is 0 Å². The van der Waals surface area contributed by atoms with Crippen LogP contribution in [0.2, 0.25) is 5.02 Å². The molecule has 0 radical (unpaired) electrons. The molecule has 1 fully saturated rings. The van der Waals surface area contributed by atoms with Gasteiger partial charge in [0.05, 0.1) is 5.02 Å². The number of aromatic nitrogens is 1. The molecule has 1 aliphatic carbocycles. The molecule has 1 saturated carbocycles. The summed E-state index contributed by atoms with van der Waals surface area (Å²) >= 11 is 5.79. The summed E-state index contributed by atoms with van der Waals surface area (Å²) in [6, 6.07) is 3.82. The van der Waals surface area contributed by atoms with Gasteiger partial charge in [-0.05, 0) is 38.2 Å². The topological polar surface area (TPSA) is 51.2 Å². The Morgan fingerprint density at radius 2 is 2.19 bits per heavy atom. The zero-order valence-corrected chi connectivity index (χ0v) is 12.8. The fourth-order valence-electron chi connectivity index (χ4n) is 2.46. The van der Waals surface area contributed by atoms with Crippen LogP contribution in [0.25, 0.3) is 0 Å². The predicted octanol–water partition coefficient (Wildman–Crippen LogP) is 3.51. The van der Waals surface area contributed by atoms with Crippen LogP contribution in [0.15, 0.2) is 31.0 Å². The highest BCUT2D eigenvalue weighted by molar-refractivity contribution is 6.30. The van der Waals surface area contributed by atoms with Gasteiger partial charge in [0.15, 0.2) is 0 Å². The lowest BCUT2D eigenvalue weighted by Crippen LogP contribution is -2.39. The minimum atomic E-state index is 0.110. The zero-order valence-electron chi connectivity index (χ0n) is 12.1. The Morgan fingerprint density at radius 1 is 1.43 bits per heavy atom. The molecule has 1 aromatic rings. The minimum Gasteiger partial charge on any atom is -0.474 e. The number of allylic oxidation sites excluding steroid dienone is 1. The van der Waals surface area contributed by atoms with Gasteiger partial charge in [-0.3, -0.25) is 4.79 Å². The molecule has 1 N–H and O–H groups in total. The van der Waals surface area contributed by atoms with Crippen molar-refractivity contribution in [2.45, 2.75) is 50.7 Å². The Labute approximate surface area is 130 Å². The number of amides is 1. The first-order valence-corrected chi connectivity index (χ1v) is 7.73. The van der Waals surface area contributed by atoms with E-state index in [1.54, 1.807) is 24.4 Å². The molecule has 1 aromatic heterocycles. The number of halogens is 1. The van der Waals surface area contributed by atoms with Gasteiger partial charge in [0.1, 0.15) is 6.10 Å². The second kappa shape index (κ2) is 8.03. The average Bonchev–Trinajstić information content (AvgIpc) is 2.49. The van der Waals surface area contributed by atoms with E-state index in [4.69, 9.17) is 16.3 Å². The van der Waals surface area contributed by atoms with E-state index in [1.807, 2.05) is 0 Å². The maximum atomic E-state index is 11.7. The van der Waals surface area contributed by atoms with E-state index in [1.165, 1.54) is 0 Å². The van der Waals surface area contributed by atoms with E-state index >= 15 is 0 Å². The van der Waals surface area contributed by atoms with Gasteiger partial charge in [0.2, 0.25) is 11.8 Å². The van der Waals surface area contributed by atoms with Crippen molar-refractivity contribution in [3.05, 3.63) is 36.0 Å². The Morgan fingerprint density at radius 3 is 2.81 bits per heavy atom. The number of nitrogens with zero attached hydrogens (tertiary/aromatic N) is 1. The molecule has 4 nitrogen and oxygen atoms in total. The van der Waals surface area contributed by atoms with Crippen molar-refractivity contribution in [2.75, 3.05) is 0 Å². The fourth-order valence-corrected chi connectivity index (χ4v) is 2.57. The molecule has 1 aliphatic rings. The molecule has 2 rings (SSSR count). The molecule has 1 amide bonds. The summed E-state index contributed by atoms with van der Waals surface area (Å²) in [5.74, 6) is 0.719. The number of pyridine rings is 1. The molecule has 0 spiro atoms. The van der Waals surface area contributed by atoms with Crippen LogP contribution in [0.5, 0.6) is 5.88 Å². The fraction of sp³-hybridized carbons (Fsp3) is 0.500. The highest BCUT2D eigenvalue weighted by Gasteiger charge is 2.23. The number of carbonyl (C=O) groups is 1. The Bertz CT molecular complexity index is 468. The molecule has 0 aliphatic heterocycles. The summed E-state index contributed by atoms with van der Waals surface area (Å²) in [6.07, 6.45) is 8.51. The second-order valence-corrected chi connectivity index (χ2v) is 5.74. The summed E-state index contributed by atoms with van der Waals surface area (Å²) in [4.78, 5) is 15.8. The molecule has 0 saturated heterocycles. The third-order valence-electron chi connectivity index (χ3n) is 3.60. The lowest BCUT2D eigenvalue weighted by Gasteiger charge is -2.29. The molecule has 5 heteroatoms. The molecule has 0 unspecified atom stereocenters. The SMILES string of the molecule is C=CCCC(=O)NC1CCC(Oc2ccc(Cl)cn2)CC1. The maximum Gasteiger partial charge on any atom is 0.220 e. The zero-order chi connectivity index (χ0) is 15.1. The molecule has 0 atom stereocenters.